The van der Waals surface area contributed by atoms with Gasteiger partial charge in [-0.1, -0.05) is 43.3 Å². The fourth-order valence-corrected chi connectivity index (χ4v) is 4.08. The van der Waals surface area contributed by atoms with Crippen molar-refractivity contribution in [3.8, 4) is 11.8 Å². The largest absolute Gasteiger partial charge is 0.494 e. The van der Waals surface area contributed by atoms with Crippen LogP contribution < -0.4 is 10.1 Å². The molecule has 2 aromatic carbocycles. The third-order valence-corrected chi connectivity index (χ3v) is 5.72. The Labute approximate surface area is 201 Å². The van der Waals surface area contributed by atoms with Crippen molar-refractivity contribution in [1.82, 2.24) is 15.3 Å². The van der Waals surface area contributed by atoms with Crippen molar-refractivity contribution in [2.75, 3.05) is 6.61 Å². The van der Waals surface area contributed by atoms with Crippen LogP contribution in [0.5, 0.6) is 5.75 Å². The van der Waals surface area contributed by atoms with Crippen LogP contribution >= 0.6 is 0 Å². The van der Waals surface area contributed by atoms with Crippen LogP contribution in [-0.4, -0.2) is 16.6 Å². The summed E-state index contributed by atoms with van der Waals surface area (Å²) in [5.41, 5.74) is 5.00. The Kier molecular flexibility index (Phi) is 7.99. The number of hydrogen-bond acceptors (Lipinski definition) is 5. The average Bonchev–Trinajstić information content (AvgIpc) is 2.91. The summed E-state index contributed by atoms with van der Waals surface area (Å²) in [5, 5.41) is 13.3. The lowest BCUT2D eigenvalue weighted by Gasteiger charge is -2.29. The van der Waals surface area contributed by atoms with Crippen molar-refractivity contribution < 1.29 is 4.74 Å². The summed E-state index contributed by atoms with van der Waals surface area (Å²) < 4.78 is 5.72. The van der Waals surface area contributed by atoms with Gasteiger partial charge in [0, 0.05) is 43.3 Å². The first-order chi connectivity index (χ1) is 16.8. The second kappa shape index (κ2) is 11.7. The van der Waals surface area contributed by atoms with E-state index in [-0.39, 0.29) is 12.0 Å². The number of aromatic nitrogens is 2. The molecule has 1 unspecified atom stereocenters. The second-order valence-corrected chi connectivity index (χ2v) is 8.14. The molecule has 1 N–H and O–H groups in total. The van der Waals surface area contributed by atoms with Crippen molar-refractivity contribution in [1.29, 1.82) is 5.26 Å². The molecular formula is C29H28N4O. The van der Waals surface area contributed by atoms with Crippen LogP contribution in [0.2, 0.25) is 0 Å². The molecule has 1 atom stereocenters. The molecular weight excluding hydrogens is 420 g/mol. The SMILES string of the molecule is CCCOc1ccc(CNC(c2cccc(C#N)c2)C(c2cccnc2)c2cccnc2)cc1. The summed E-state index contributed by atoms with van der Waals surface area (Å²) >= 11 is 0. The van der Waals surface area contributed by atoms with Crippen molar-refractivity contribution in [2.24, 2.45) is 0 Å². The molecule has 4 aromatic rings. The van der Waals surface area contributed by atoms with Gasteiger partial charge < -0.3 is 10.1 Å². The lowest BCUT2D eigenvalue weighted by molar-refractivity contribution is 0.317. The third kappa shape index (κ3) is 5.86. The molecule has 170 valence electrons. The Balaban J connectivity index is 1.69. The molecule has 0 saturated carbocycles. The van der Waals surface area contributed by atoms with Crippen LogP contribution in [0.4, 0.5) is 0 Å². The Morgan fingerprint density at radius 1 is 0.882 bits per heavy atom. The zero-order chi connectivity index (χ0) is 23.6. The summed E-state index contributed by atoms with van der Waals surface area (Å²) in [6.45, 7) is 3.47. The van der Waals surface area contributed by atoms with Crippen LogP contribution in [0.25, 0.3) is 0 Å². The highest BCUT2D eigenvalue weighted by atomic mass is 16.5. The van der Waals surface area contributed by atoms with Gasteiger partial charge in [-0.2, -0.15) is 5.26 Å². The third-order valence-electron chi connectivity index (χ3n) is 5.72. The van der Waals surface area contributed by atoms with E-state index in [0.29, 0.717) is 18.7 Å². The van der Waals surface area contributed by atoms with Gasteiger partial charge in [0.05, 0.1) is 18.2 Å². The highest BCUT2D eigenvalue weighted by molar-refractivity contribution is 5.40. The average molecular weight is 449 g/mol. The molecule has 4 rings (SSSR count). The summed E-state index contributed by atoms with van der Waals surface area (Å²) in [6.07, 6.45) is 8.35. The van der Waals surface area contributed by atoms with Crippen LogP contribution in [0.3, 0.4) is 0 Å². The maximum absolute atomic E-state index is 9.51. The van der Waals surface area contributed by atoms with E-state index in [1.54, 1.807) is 12.4 Å². The van der Waals surface area contributed by atoms with Crippen molar-refractivity contribution >= 4 is 0 Å². The fourth-order valence-electron chi connectivity index (χ4n) is 4.08. The predicted octanol–water partition coefficient (Wildman–Crippen LogP) is 5.80. The van der Waals surface area contributed by atoms with Gasteiger partial charge in [0.2, 0.25) is 0 Å². The number of pyridine rings is 2. The van der Waals surface area contributed by atoms with Gasteiger partial charge in [-0.15, -0.1) is 0 Å². The van der Waals surface area contributed by atoms with Gasteiger partial charge in [-0.25, -0.2) is 0 Å². The number of benzene rings is 2. The minimum Gasteiger partial charge on any atom is -0.494 e. The number of nitrogens with zero attached hydrogens (tertiary/aromatic N) is 3. The van der Waals surface area contributed by atoms with E-state index in [2.05, 4.69) is 58.6 Å². The topological polar surface area (TPSA) is 70.8 Å². The van der Waals surface area contributed by atoms with Crippen LogP contribution in [0, 0.1) is 11.3 Å². The fraction of sp³-hybridized carbons (Fsp3) is 0.207. The smallest absolute Gasteiger partial charge is 0.119 e. The van der Waals surface area contributed by atoms with E-state index in [0.717, 1.165) is 34.4 Å². The van der Waals surface area contributed by atoms with Gasteiger partial charge >= 0.3 is 0 Å². The van der Waals surface area contributed by atoms with Gasteiger partial charge in [0.25, 0.3) is 0 Å². The molecule has 0 bridgehead atoms. The lowest BCUT2D eigenvalue weighted by Crippen LogP contribution is -2.28. The molecule has 2 heterocycles. The summed E-state index contributed by atoms with van der Waals surface area (Å²) in [4.78, 5) is 8.76. The molecule has 5 nitrogen and oxygen atoms in total. The highest BCUT2D eigenvalue weighted by Crippen LogP contribution is 2.37. The number of rotatable bonds is 10. The summed E-state index contributed by atoms with van der Waals surface area (Å²) in [5.74, 6) is 0.843. The molecule has 0 fully saturated rings. The summed E-state index contributed by atoms with van der Waals surface area (Å²) in [7, 11) is 0. The maximum atomic E-state index is 9.51. The van der Waals surface area contributed by atoms with Gasteiger partial charge in [-0.05, 0) is 65.1 Å². The highest BCUT2D eigenvalue weighted by Gasteiger charge is 2.27. The zero-order valence-corrected chi connectivity index (χ0v) is 19.3. The molecule has 0 amide bonds. The van der Waals surface area contributed by atoms with Gasteiger partial charge in [-0.3, -0.25) is 9.97 Å². The minimum atomic E-state index is -0.0993. The molecule has 2 aromatic heterocycles. The molecule has 5 heteroatoms. The Morgan fingerprint density at radius 2 is 1.56 bits per heavy atom. The summed E-state index contributed by atoms with van der Waals surface area (Å²) in [6, 6.07) is 26.3. The first-order valence-corrected chi connectivity index (χ1v) is 11.5. The van der Waals surface area contributed by atoms with Crippen LogP contribution in [-0.2, 0) is 6.54 Å². The zero-order valence-electron chi connectivity index (χ0n) is 19.3. The number of nitrogens with one attached hydrogen (secondary N) is 1. The first kappa shape index (κ1) is 23.2. The van der Waals surface area contributed by atoms with Crippen molar-refractivity contribution in [3.63, 3.8) is 0 Å². The van der Waals surface area contributed by atoms with Crippen LogP contribution in [0.1, 0.15) is 53.1 Å². The lowest BCUT2D eigenvalue weighted by atomic mass is 9.82. The molecule has 0 aliphatic rings. The predicted molar refractivity (Wildman–Crippen MR) is 133 cm³/mol. The molecule has 0 saturated heterocycles. The van der Waals surface area contributed by atoms with E-state index >= 15 is 0 Å². The Hall–Kier alpha value is -4.01. The standard InChI is InChI=1S/C29H28N4O/c1-2-16-34-27-12-10-22(11-13-27)19-33-29(24-7-3-6-23(17-24)18-30)28(25-8-4-14-31-20-25)26-9-5-15-32-21-26/h3-15,17,20-21,28-29,33H,2,16,19H2,1H3. The van der Waals surface area contributed by atoms with E-state index in [1.165, 1.54) is 0 Å². The number of ether oxygens (including phenoxy) is 1. The molecule has 0 aliphatic carbocycles. The first-order valence-electron chi connectivity index (χ1n) is 11.5. The van der Waals surface area contributed by atoms with Crippen molar-refractivity contribution in [3.05, 3.63) is 125 Å². The maximum Gasteiger partial charge on any atom is 0.119 e. The van der Waals surface area contributed by atoms with E-state index in [1.807, 2.05) is 54.9 Å². The molecule has 34 heavy (non-hydrogen) atoms. The second-order valence-electron chi connectivity index (χ2n) is 8.14. The molecule has 0 aliphatic heterocycles. The Bertz CT molecular complexity index is 1160. The minimum absolute atomic E-state index is 0.0384. The van der Waals surface area contributed by atoms with Crippen molar-refractivity contribution in [2.45, 2.75) is 31.8 Å². The monoisotopic (exact) mass is 448 g/mol. The van der Waals surface area contributed by atoms with E-state index in [9.17, 15) is 5.26 Å². The van der Waals surface area contributed by atoms with E-state index in [4.69, 9.17) is 4.74 Å². The molecule has 0 radical (unpaired) electrons. The quantitative estimate of drug-likeness (QED) is 0.332. The van der Waals surface area contributed by atoms with Crippen LogP contribution in [0.15, 0.2) is 97.6 Å². The number of nitriles is 1. The normalized spacial score (nSPS) is 11.7. The number of hydrogen-bond donors (Lipinski definition) is 1. The molecule has 0 spiro atoms. The van der Waals surface area contributed by atoms with Gasteiger partial charge in [0.15, 0.2) is 0 Å². The van der Waals surface area contributed by atoms with E-state index < -0.39 is 0 Å². The Morgan fingerprint density at radius 3 is 2.15 bits per heavy atom. The van der Waals surface area contributed by atoms with Gasteiger partial charge in [0.1, 0.15) is 5.75 Å².